The van der Waals surface area contributed by atoms with Crippen molar-refractivity contribution < 1.29 is 0 Å². The van der Waals surface area contributed by atoms with Crippen molar-refractivity contribution in [3.63, 3.8) is 0 Å². The fourth-order valence-corrected chi connectivity index (χ4v) is 3.71. The molecule has 1 N–H and O–H groups in total. The van der Waals surface area contributed by atoms with E-state index >= 15 is 0 Å². The van der Waals surface area contributed by atoms with Crippen LogP contribution in [0.5, 0.6) is 0 Å². The quantitative estimate of drug-likeness (QED) is 0.790. The summed E-state index contributed by atoms with van der Waals surface area (Å²) < 4.78 is 0. The molecule has 0 bridgehead atoms. The maximum atomic E-state index is 3.70. The van der Waals surface area contributed by atoms with E-state index in [0.717, 1.165) is 23.9 Å². The Bertz CT molecular complexity index is 288. The SMILES string of the molecule is CC(C)N1CCC(CN2CCC(CNC3CC3)C2)C1. The van der Waals surface area contributed by atoms with Gasteiger partial charge < -0.3 is 15.1 Å². The van der Waals surface area contributed by atoms with Gasteiger partial charge in [-0.25, -0.2) is 0 Å². The molecule has 3 heteroatoms. The molecule has 2 heterocycles. The van der Waals surface area contributed by atoms with Crippen molar-refractivity contribution in [1.29, 1.82) is 0 Å². The summed E-state index contributed by atoms with van der Waals surface area (Å²) >= 11 is 0. The molecular weight excluding hydrogens is 234 g/mol. The van der Waals surface area contributed by atoms with E-state index in [1.165, 1.54) is 65.0 Å². The van der Waals surface area contributed by atoms with Gasteiger partial charge in [-0.2, -0.15) is 0 Å². The van der Waals surface area contributed by atoms with Gasteiger partial charge in [-0.1, -0.05) is 0 Å². The van der Waals surface area contributed by atoms with Crippen LogP contribution in [0, 0.1) is 11.8 Å². The van der Waals surface area contributed by atoms with Crippen LogP contribution in [-0.4, -0.2) is 61.2 Å². The van der Waals surface area contributed by atoms with Crippen molar-refractivity contribution in [1.82, 2.24) is 15.1 Å². The molecule has 3 nitrogen and oxygen atoms in total. The molecule has 1 saturated carbocycles. The molecule has 2 saturated heterocycles. The van der Waals surface area contributed by atoms with Crippen molar-refractivity contribution in [3.05, 3.63) is 0 Å². The predicted octanol–water partition coefficient (Wildman–Crippen LogP) is 1.79. The second-order valence-electron chi connectivity index (χ2n) is 7.34. The van der Waals surface area contributed by atoms with Crippen LogP contribution in [0.2, 0.25) is 0 Å². The summed E-state index contributed by atoms with van der Waals surface area (Å²) in [7, 11) is 0. The van der Waals surface area contributed by atoms with E-state index in [4.69, 9.17) is 0 Å². The molecule has 0 aromatic rings. The minimum atomic E-state index is 0.735. The van der Waals surface area contributed by atoms with Gasteiger partial charge >= 0.3 is 0 Å². The first-order valence-electron chi connectivity index (χ1n) is 8.40. The Balaban J connectivity index is 1.34. The average molecular weight is 265 g/mol. The van der Waals surface area contributed by atoms with Gasteiger partial charge in [-0.3, -0.25) is 0 Å². The highest BCUT2D eigenvalue weighted by Gasteiger charge is 2.30. The number of nitrogens with one attached hydrogen (secondary N) is 1. The van der Waals surface area contributed by atoms with Crippen LogP contribution in [0.1, 0.15) is 39.5 Å². The molecular formula is C16H31N3. The number of likely N-dealkylation sites (tertiary alicyclic amines) is 2. The Morgan fingerprint density at radius 2 is 1.79 bits per heavy atom. The second kappa shape index (κ2) is 6.11. The molecule has 2 unspecified atom stereocenters. The first kappa shape index (κ1) is 13.8. The Kier molecular flexibility index (Phi) is 4.45. The highest BCUT2D eigenvalue weighted by molar-refractivity contribution is 4.86. The van der Waals surface area contributed by atoms with Gasteiger partial charge in [0, 0.05) is 31.7 Å². The van der Waals surface area contributed by atoms with E-state index in [1.807, 2.05) is 0 Å². The van der Waals surface area contributed by atoms with Crippen molar-refractivity contribution in [3.8, 4) is 0 Å². The van der Waals surface area contributed by atoms with E-state index in [-0.39, 0.29) is 0 Å². The summed E-state index contributed by atoms with van der Waals surface area (Å²) in [6, 6.07) is 1.61. The van der Waals surface area contributed by atoms with Crippen molar-refractivity contribution >= 4 is 0 Å². The summed E-state index contributed by atoms with van der Waals surface area (Å²) in [6.07, 6.45) is 5.67. The smallest absolute Gasteiger partial charge is 0.00683 e. The minimum Gasteiger partial charge on any atom is -0.314 e. The Labute approximate surface area is 118 Å². The van der Waals surface area contributed by atoms with Gasteiger partial charge in [0.2, 0.25) is 0 Å². The third kappa shape index (κ3) is 3.93. The van der Waals surface area contributed by atoms with Crippen molar-refractivity contribution in [2.75, 3.05) is 39.3 Å². The van der Waals surface area contributed by atoms with Crippen LogP contribution in [-0.2, 0) is 0 Å². The van der Waals surface area contributed by atoms with Gasteiger partial charge in [-0.05, 0) is 71.0 Å². The maximum Gasteiger partial charge on any atom is 0.00683 e. The van der Waals surface area contributed by atoms with Crippen LogP contribution in [0.3, 0.4) is 0 Å². The molecule has 0 aromatic carbocycles. The number of nitrogens with zero attached hydrogens (tertiary/aromatic N) is 2. The van der Waals surface area contributed by atoms with E-state index in [9.17, 15) is 0 Å². The lowest BCUT2D eigenvalue weighted by Crippen LogP contribution is -2.33. The molecule has 3 fully saturated rings. The maximum absolute atomic E-state index is 3.70. The molecule has 0 aromatic heterocycles. The second-order valence-corrected chi connectivity index (χ2v) is 7.34. The molecule has 3 rings (SSSR count). The van der Waals surface area contributed by atoms with Gasteiger partial charge in [-0.15, -0.1) is 0 Å². The van der Waals surface area contributed by atoms with Crippen LogP contribution in [0.4, 0.5) is 0 Å². The van der Waals surface area contributed by atoms with Crippen molar-refractivity contribution in [2.45, 2.75) is 51.6 Å². The number of rotatable bonds is 6. The molecule has 0 radical (unpaired) electrons. The topological polar surface area (TPSA) is 18.5 Å². The van der Waals surface area contributed by atoms with Gasteiger partial charge in [0.25, 0.3) is 0 Å². The first-order valence-corrected chi connectivity index (χ1v) is 8.40. The zero-order valence-electron chi connectivity index (χ0n) is 12.8. The lowest BCUT2D eigenvalue weighted by Gasteiger charge is -2.23. The van der Waals surface area contributed by atoms with Gasteiger partial charge in [0.05, 0.1) is 0 Å². The monoisotopic (exact) mass is 265 g/mol. The zero-order valence-corrected chi connectivity index (χ0v) is 12.8. The summed E-state index contributed by atoms with van der Waals surface area (Å²) in [6.45, 7) is 12.6. The summed E-state index contributed by atoms with van der Waals surface area (Å²) in [5.74, 6) is 1.85. The Morgan fingerprint density at radius 1 is 1.00 bits per heavy atom. The number of hydrogen-bond donors (Lipinski definition) is 1. The molecule has 19 heavy (non-hydrogen) atoms. The Hall–Kier alpha value is -0.120. The summed E-state index contributed by atoms with van der Waals surface area (Å²) in [5.41, 5.74) is 0. The van der Waals surface area contributed by atoms with E-state index in [2.05, 4.69) is 29.0 Å². The molecule has 2 aliphatic heterocycles. The van der Waals surface area contributed by atoms with Crippen LogP contribution >= 0.6 is 0 Å². The first-order chi connectivity index (χ1) is 9.20. The van der Waals surface area contributed by atoms with Gasteiger partial charge in [0.1, 0.15) is 0 Å². The van der Waals surface area contributed by atoms with E-state index < -0.39 is 0 Å². The number of hydrogen-bond acceptors (Lipinski definition) is 3. The molecule has 3 aliphatic rings. The molecule has 1 aliphatic carbocycles. The predicted molar refractivity (Wildman–Crippen MR) is 80.4 cm³/mol. The summed E-state index contributed by atoms with van der Waals surface area (Å²) in [4.78, 5) is 5.38. The fraction of sp³-hybridized carbons (Fsp3) is 1.00. The van der Waals surface area contributed by atoms with Crippen molar-refractivity contribution in [2.24, 2.45) is 11.8 Å². The van der Waals surface area contributed by atoms with Crippen LogP contribution in [0.25, 0.3) is 0 Å². The molecule has 110 valence electrons. The fourth-order valence-electron chi connectivity index (χ4n) is 3.71. The third-order valence-electron chi connectivity index (χ3n) is 5.21. The van der Waals surface area contributed by atoms with Gasteiger partial charge in [0.15, 0.2) is 0 Å². The molecule has 0 amide bonds. The zero-order chi connectivity index (χ0) is 13.2. The van der Waals surface area contributed by atoms with Crippen LogP contribution in [0.15, 0.2) is 0 Å². The highest BCUT2D eigenvalue weighted by atomic mass is 15.2. The van der Waals surface area contributed by atoms with E-state index in [1.54, 1.807) is 0 Å². The third-order valence-corrected chi connectivity index (χ3v) is 5.21. The molecule has 0 spiro atoms. The largest absolute Gasteiger partial charge is 0.314 e. The Morgan fingerprint density at radius 3 is 2.47 bits per heavy atom. The highest BCUT2D eigenvalue weighted by Crippen LogP contribution is 2.24. The minimum absolute atomic E-state index is 0.735. The van der Waals surface area contributed by atoms with E-state index in [0.29, 0.717) is 0 Å². The van der Waals surface area contributed by atoms with Crippen LogP contribution < -0.4 is 5.32 Å². The lowest BCUT2D eigenvalue weighted by molar-refractivity contribution is 0.235. The standard InChI is InChI=1S/C16H31N3/c1-13(2)19-8-6-15(12-19)11-18-7-5-14(10-18)9-17-16-3-4-16/h13-17H,3-12H2,1-2H3. The lowest BCUT2D eigenvalue weighted by atomic mass is 10.1. The molecule has 2 atom stereocenters. The summed E-state index contributed by atoms with van der Waals surface area (Å²) in [5, 5.41) is 3.70. The average Bonchev–Trinajstić information content (AvgIpc) is 2.91. The normalized spacial score (nSPS) is 33.6.